The Kier molecular flexibility index (Phi) is 6.87. The molecule has 6 nitrogen and oxygen atoms in total. The van der Waals surface area contributed by atoms with Gasteiger partial charge >= 0.3 is 0 Å². The van der Waals surface area contributed by atoms with E-state index in [4.69, 9.17) is 4.74 Å². The Morgan fingerprint density at radius 2 is 1.97 bits per heavy atom. The summed E-state index contributed by atoms with van der Waals surface area (Å²) in [5.74, 6) is 0.236. The lowest BCUT2D eigenvalue weighted by Crippen LogP contribution is -2.61. The van der Waals surface area contributed by atoms with Crippen LogP contribution in [0.15, 0.2) is 48.8 Å². The first kappa shape index (κ1) is 22.0. The topological polar surface area (TPSA) is 62.7 Å². The van der Waals surface area contributed by atoms with Crippen molar-refractivity contribution in [1.82, 2.24) is 14.8 Å². The zero-order chi connectivity index (χ0) is 21.7. The maximum Gasteiger partial charge on any atom is 0.256 e. The summed E-state index contributed by atoms with van der Waals surface area (Å²) in [6.45, 7) is 5.20. The molecule has 0 saturated carbocycles. The number of hydrogen-bond acceptors (Lipinski definition) is 4. The van der Waals surface area contributed by atoms with E-state index in [1.165, 1.54) is 0 Å². The Hall–Kier alpha value is -2.73. The fourth-order valence-electron chi connectivity index (χ4n) is 3.92. The molecule has 1 unspecified atom stereocenters. The molecule has 1 aromatic heterocycles. The number of nitrogens with zero attached hydrogens (tertiary/aromatic N) is 3. The molecular weight excluding hydrogens is 378 g/mol. The van der Waals surface area contributed by atoms with Crippen molar-refractivity contribution in [2.24, 2.45) is 5.92 Å². The third-order valence-corrected chi connectivity index (χ3v) is 5.33. The fourth-order valence-corrected chi connectivity index (χ4v) is 3.92. The standard InChI is InChI=1S/C24H31N3O3/c1-18(2)13-22(28)27-11-12-30-24(17-27,23(29)26(3)4)15-19-7-5-8-20(14-19)21-9-6-10-25-16-21/h5-10,14,16,18H,11-13,15,17H2,1-4H3. The molecule has 6 heteroatoms. The van der Waals surface area contributed by atoms with Crippen LogP contribution in [-0.4, -0.2) is 66.0 Å². The van der Waals surface area contributed by atoms with Crippen molar-refractivity contribution in [1.29, 1.82) is 0 Å². The summed E-state index contributed by atoms with van der Waals surface area (Å²) in [4.78, 5) is 33.5. The van der Waals surface area contributed by atoms with E-state index >= 15 is 0 Å². The van der Waals surface area contributed by atoms with Gasteiger partial charge in [0, 0.05) is 45.9 Å². The molecule has 0 bridgehead atoms. The zero-order valence-corrected chi connectivity index (χ0v) is 18.3. The highest BCUT2D eigenvalue weighted by atomic mass is 16.5. The summed E-state index contributed by atoms with van der Waals surface area (Å²) in [6.07, 6.45) is 4.45. The van der Waals surface area contributed by atoms with Gasteiger partial charge in [-0.05, 0) is 28.7 Å². The highest BCUT2D eigenvalue weighted by molar-refractivity contribution is 5.87. The van der Waals surface area contributed by atoms with Gasteiger partial charge in [-0.1, -0.05) is 44.2 Å². The van der Waals surface area contributed by atoms with Crippen molar-refractivity contribution in [3.63, 3.8) is 0 Å². The molecule has 1 aliphatic rings. The summed E-state index contributed by atoms with van der Waals surface area (Å²) in [7, 11) is 3.46. The van der Waals surface area contributed by atoms with E-state index in [1.807, 2.05) is 50.4 Å². The quantitative estimate of drug-likeness (QED) is 0.736. The predicted octanol–water partition coefficient (Wildman–Crippen LogP) is 3.02. The van der Waals surface area contributed by atoms with E-state index in [9.17, 15) is 9.59 Å². The van der Waals surface area contributed by atoms with Crippen LogP contribution in [0, 0.1) is 5.92 Å². The minimum atomic E-state index is -1.08. The van der Waals surface area contributed by atoms with Crippen molar-refractivity contribution in [2.45, 2.75) is 32.3 Å². The molecule has 1 fully saturated rings. The van der Waals surface area contributed by atoms with Crippen molar-refractivity contribution in [3.05, 3.63) is 54.4 Å². The highest BCUT2D eigenvalue weighted by Gasteiger charge is 2.46. The number of pyridine rings is 1. The third-order valence-electron chi connectivity index (χ3n) is 5.33. The first-order chi connectivity index (χ1) is 14.3. The number of likely N-dealkylation sites (N-methyl/N-ethyl adjacent to an activating group) is 1. The van der Waals surface area contributed by atoms with E-state index in [1.54, 1.807) is 30.1 Å². The molecule has 2 amide bonds. The highest BCUT2D eigenvalue weighted by Crippen LogP contribution is 2.28. The van der Waals surface area contributed by atoms with Gasteiger partial charge in [-0.15, -0.1) is 0 Å². The number of hydrogen-bond donors (Lipinski definition) is 0. The Balaban J connectivity index is 1.89. The first-order valence-corrected chi connectivity index (χ1v) is 10.4. The van der Waals surface area contributed by atoms with Gasteiger partial charge in [0.1, 0.15) is 0 Å². The number of benzene rings is 1. The molecule has 3 rings (SSSR count). The lowest BCUT2D eigenvalue weighted by molar-refractivity contribution is -0.172. The SMILES string of the molecule is CC(C)CC(=O)N1CCOC(Cc2cccc(-c3cccnc3)c2)(C(=O)N(C)C)C1. The lowest BCUT2D eigenvalue weighted by Gasteiger charge is -2.43. The monoisotopic (exact) mass is 409 g/mol. The van der Waals surface area contributed by atoms with Gasteiger partial charge < -0.3 is 14.5 Å². The molecule has 0 aliphatic carbocycles. The maximum atomic E-state index is 13.2. The van der Waals surface area contributed by atoms with Crippen LogP contribution >= 0.6 is 0 Å². The van der Waals surface area contributed by atoms with Gasteiger partial charge in [-0.25, -0.2) is 0 Å². The van der Waals surface area contributed by atoms with Crippen LogP contribution in [0.2, 0.25) is 0 Å². The molecule has 0 radical (unpaired) electrons. The summed E-state index contributed by atoms with van der Waals surface area (Å²) in [5.41, 5.74) is 1.97. The molecule has 2 aromatic rings. The molecule has 1 aromatic carbocycles. The number of ether oxygens (including phenoxy) is 1. The van der Waals surface area contributed by atoms with Gasteiger partial charge in [0.25, 0.3) is 5.91 Å². The Morgan fingerprint density at radius 1 is 1.20 bits per heavy atom. The van der Waals surface area contributed by atoms with Gasteiger partial charge in [0.15, 0.2) is 5.60 Å². The molecule has 1 saturated heterocycles. The number of carbonyl (C=O) groups excluding carboxylic acids is 2. The number of amides is 2. The molecule has 2 heterocycles. The third kappa shape index (κ3) is 5.05. The number of aromatic nitrogens is 1. The zero-order valence-electron chi connectivity index (χ0n) is 18.3. The van der Waals surface area contributed by atoms with Crippen LogP contribution in [0.1, 0.15) is 25.8 Å². The average molecular weight is 410 g/mol. The Morgan fingerprint density at radius 3 is 2.63 bits per heavy atom. The summed E-state index contributed by atoms with van der Waals surface area (Å²) < 4.78 is 6.13. The molecule has 0 N–H and O–H groups in total. The van der Waals surface area contributed by atoms with Gasteiger partial charge in [-0.2, -0.15) is 0 Å². The van der Waals surface area contributed by atoms with E-state index in [2.05, 4.69) is 11.1 Å². The van der Waals surface area contributed by atoms with Crippen molar-refractivity contribution in [3.8, 4) is 11.1 Å². The molecule has 1 atom stereocenters. The first-order valence-electron chi connectivity index (χ1n) is 10.4. The lowest BCUT2D eigenvalue weighted by atomic mass is 9.89. The van der Waals surface area contributed by atoms with Crippen molar-refractivity contribution in [2.75, 3.05) is 33.8 Å². The Labute approximate surface area is 178 Å². The molecule has 30 heavy (non-hydrogen) atoms. The van der Waals surface area contributed by atoms with E-state index in [0.29, 0.717) is 26.0 Å². The van der Waals surface area contributed by atoms with Crippen molar-refractivity contribution >= 4 is 11.8 Å². The smallest absolute Gasteiger partial charge is 0.256 e. The predicted molar refractivity (Wildman–Crippen MR) is 117 cm³/mol. The average Bonchev–Trinajstić information content (AvgIpc) is 2.73. The molecule has 160 valence electrons. The van der Waals surface area contributed by atoms with Gasteiger partial charge in [0.05, 0.1) is 13.2 Å². The van der Waals surface area contributed by atoms with Crippen LogP contribution in [-0.2, 0) is 20.7 Å². The van der Waals surface area contributed by atoms with E-state index in [0.717, 1.165) is 16.7 Å². The molecular formula is C24H31N3O3. The van der Waals surface area contributed by atoms with Crippen LogP contribution in [0.3, 0.4) is 0 Å². The molecule has 1 aliphatic heterocycles. The largest absolute Gasteiger partial charge is 0.361 e. The van der Waals surface area contributed by atoms with Crippen LogP contribution in [0.4, 0.5) is 0 Å². The van der Waals surface area contributed by atoms with Gasteiger partial charge in [0.2, 0.25) is 5.91 Å². The second-order valence-electron chi connectivity index (χ2n) is 8.57. The maximum absolute atomic E-state index is 13.2. The second-order valence-corrected chi connectivity index (χ2v) is 8.57. The van der Waals surface area contributed by atoms with Crippen molar-refractivity contribution < 1.29 is 14.3 Å². The minimum Gasteiger partial charge on any atom is -0.361 e. The fraction of sp³-hybridized carbons (Fsp3) is 0.458. The summed E-state index contributed by atoms with van der Waals surface area (Å²) >= 11 is 0. The summed E-state index contributed by atoms with van der Waals surface area (Å²) in [5, 5.41) is 0. The van der Waals surface area contributed by atoms with Crippen LogP contribution in [0.5, 0.6) is 0 Å². The van der Waals surface area contributed by atoms with E-state index in [-0.39, 0.29) is 24.3 Å². The van der Waals surface area contributed by atoms with E-state index < -0.39 is 5.60 Å². The number of morpholine rings is 1. The number of rotatable bonds is 6. The van der Waals surface area contributed by atoms with Crippen LogP contribution < -0.4 is 0 Å². The van der Waals surface area contributed by atoms with Crippen LogP contribution in [0.25, 0.3) is 11.1 Å². The second kappa shape index (κ2) is 9.39. The minimum absolute atomic E-state index is 0.0772. The summed E-state index contributed by atoms with van der Waals surface area (Å²) in [6, 6.07) is 12.0. The number of carbonyl (C=O) groups is 2. The molecule has 0 spiro atoms. The van der Waals surface area contributed by atoms with Gasteiger partial charge in [-0.3, -0.25) is 14.6 Å². The Bertz CT molecular complexity index is 882. The normalized spacial score (nSPS) is 19.0.